The van der Waals surface area contributed by atoms with Gasteiger partial charge in [0.1, 0.15) is 18.0 Å². The molecular formula is C14H24N4S. The molecule has 0 spiro atoms. The molecule has 1 aliphatic rings. The Bertz CT molecular complexity index is 391. The quantitative estimate of drug-likeness (QED) is 0.803. The second-order valence-corrected chi connectivity index (χ2v) is 6.25. The van der Waals surface area contributed by atoms with E-state index in [1.54, 1.807) is 6.33 Å². The maximum absolute atomic E-state index is 4.41. The van der Waals surface area contributed by atoms with Gasteiger partial charge in [0.2, 0.25) is 0 Å². The smallest absolute Gasteiger partial charge is 0.134 e. The van der Waals surface area contributed by atoms with E-state index in [0.717, 1.165) is 42.8 Å². The van der Waals surface area contributed by atoms with Crippen LogP contribution in [0.3, 0.4) is 0 Å². The molecule has 0 amide bonds. The fourth-order valence-corrected chi connectivity index (χ4v) is 3.51. The van der Waals surface area contributed by atoms with Gasteiger partial charge in [-0.05, 0) is 31.4 Å². The van der Waals surface area contributed by atoms with Crippen LogP contribution in [-0.4, -0.2) is 34.1 Å². The van der Waals surface area contributed by atoms with Crippen LogP contribution in [0.2, 0.25) is 0 Å². The Morgan fingerprint density at radius 1 is 1.26 bits per heavy atom. The first-order valence-corrected chi connectivity index (χ1v) is 8.33. The number of nitrogens with zero attached hydrogens (tertiary/aromatic N) is 2. The predicted octanol–water partition coefficient (Wildman–Crippen LogP) is 3.17. The highest BCUT2D eigenvalue weighted by Gasteiger charge is 2.16. The molecule has 106 valence electrons. The van der Waals surface area contributed by atoms with Gasteiger partial charge >= 0.3 is 0 Å². The Morgan fingerprint density at radius 3 is 2.68 bits per heavy atom. The van der Waals surface area contributed by atoms with E-state index in [-0.39, 0.29) is 0 Å². The number of aromatic nitrogens is 2. The minimum Gasteiger partial charge on any atom is -0.370 e. The van der Waals surface area contributed by atoms with Crippen molar-refractivity contribution in [1.29, 1.82) is 0 Å². The van der Waals surface area contributed by atoms with Crippen LogP contribution in [0.15, 0.2) is 6.33 Å². The predicted molar refractivity (Wildman–Crippen MR) is 84.2 cm³/mol. The molecule has 0 bridgehead atoms. The van der Waals surface area contributed by atoms with Gasteiger partial charge in [0, 0.05) is 23.9 Å². The number of hydrogen-bond acceptors (Lipinski definition) is 5. The molecule has 1 aromatic heterocycles. The fraction of sp³-hybridized carbons (Fsp3) is 0.714. The summed E-state index contributed by atoms with van der Waals surface area (Å²) in [6, 6.07) is 0. The van der Waals surface area contributed by atoms with Crippen molar-refractivity contribution < 1.29 is 0 Å². The summed E-state index contributed by atoms with van der Waals surface area (Å²) in [5.74, 6) is 3.30. The van der Waals surface area contributed by atoms with Crippen LogP contribution in [0.4, 0.5) is 11.6 Å². The summed E-state index contributed by atoms with van der Waals surface area (Å²) in [5.41, 5.74) is 1.21. The normalized spacial score (nSPS) is 18.5. The average molecular weight is 280 g/mol. The largest absolute Gasteiger partial charge is 0.370 e. The van der Waals surface area contributed by atoms with E-state index < -0.39 is 0 Å². The van der Waals surface area contributed by atoms with Gasteiger partial charge in [-0.3, -0.25) is 0 Å². The summed E-state index contributed by atoms with van der Waals surface area (Å²) < 4.78 is 0. The van der Waals surface area contributed by atoms with Crippen molar-refractivity contribution in [3.05, 3.63) is 11.9 Å². The average Bonchev–Trinajstić information content (AvgIpc) is 2.96. The maximum Gasteiger partial charge on any atom is 0.134 e. The standard InChI is InChI=1S/C14H24N4S/c1-3-7-15-13-12(4-2)14(18-10-17-13)16-9-11-6-5-8-19-11/h10-11H,3-9H2,1-2H3,(H2,15,16,17,18). The molecule has 4 nitrogen and oxygen atoms in total. The number of rotatable bonds is 7. The molecule has 0 aliphatic carbocycles. The maximum atomic E-state index is 4.41. The van der Waals surface area contributed by atoms with E-state index in [2.05, 4.69) is 46.2 Å². The molecule has 1 atom stereocenters. The van der Waals surface area contributed by atoms with Gasteiger partial charge in [-0.2, -0.15) is 11.8 Å². The molecule has 2 rings (SSSR count). The van der Waals surface area contributed by atoms with E-state index in [9.17, 15) is 0 Å². The zero-order chi connectivity index (χ0) is 13.5. The van der Waals surface area contributed by atoms with E-state index >= 15 is 0 Å². The van der Waals surface area contributed by atoms with Crippen molar-refractivity contribution in [2.45, 2.75) is 44.8 Å². The van der Waals surface area contributed by atoms with E-state index in [1.807, 2.05) is 0 Å². The first kappa shape index (κ1) is 14.4. The summed E-state index contributed by atoms with van der Waals surface area (Å²) in [7, 11) is 0. The van der Waals surface area contributed by atoms with Gasteiger partial charge in [-0.15, -0.1) is 0 Å². The molecule has 1 saturated heterocycles. The van der Waals surface area contributed by atoms with Crippen LogP contribution in [0.25, 0.3) is 0 Å². The van der Waals surface area contributed by atoms with Gasteiger partial charge in [0.25, 0.3) is 0 Å². The Balaban J connectivity index is 2.01. The molecule has 5 heteroatoms. The molecule has 0 aromatic carbocycles. The van der Waals surface area contributed by atoms with Gasteiger partial charge in [-0.25, -0.2) is 9.97 Å². The summed E-state index contributed by atoms with van der Waals surface area (Å²) in [5, 5.41) is 7.64. The van der Waals surface area contributed by atoms with Crippen molar-refractivity contribution in [2.24, 2.45) is 0 Å². The van der Waals surface area contributed by atoms with Gasteiger partial charge < -0.3 is 10.6 Å². The van der Waals surface area contributed by atoms with Crippen LogP contribution in [-0.2, 0) is 6.42 Å². The van der Waals surface area contributed by atoms with Crippen LogP contribution < -0.4 is 10.6 Å². The fourth-order valence-electron chi connectivity index (χ4n) is 2.31. The lowest BCUT2D eigenvalue weighted by Crippen LogP contribution is -2.17. The third-order valence-electron chi connectivity index (χ3n) is 3.36. The van der Waals surface area contributed by atoms with Crippen LogP contribution >= 0.6 is 11.8 Å². The third kappa shape index (κ3) is 4.00. The van der Waals surface area contributed by atoms with Crippen molar-refractivity contribution in [3.63, 3.8) is 0 Å². The summed E-state index contributed by atoms with van der Waals surface area (Å²) >= 11 is 2.07. The number of thioether (sulfide) groups is 1. The van der Waals surface area contributed by atoms with Crippen molar-refractivity contribution in [1.82, 2.24) is 9.97 Å². The molecule has 2 N–H and O–H groups in total. The van der Waals surface area contributed by atoms with Crippen molar-refractivity contribution in [3.8, 4) is 0 Å². The molecule has 0 radical (unpaired) electrons. The zero-order valence-corrected chi connectivity index (χ0v) is 12.7. The Kier molecular flexibility index (Phi) is 5.76. The topological polar surface area (TPSA) is 49.8 Å². The SMILES string of the molecule is CCCNc1ncnc(NCC2CCCS2)c1CC. The van der Waals surface area contributed by atoms with Gasteiger partial charge in [0.05, 0.1) is 0 Å². The highest BCUT2D eigenvalue weighted by atomic mass is 32.2. The lowest BCUT2D eigenvalue weighted by Gasteiger charge is -2.16. The lowest BCUT2D eigenvalue weighted by molar-refractivity contribution is 0.801. The van der Waals surface area contributed by atoms with Gasteiger partial charge in [0.15, 0.2) is 0 Å². The molecule has 19 heavy (non-hydrogen) atoms. The lowest BCUT2D eigenvalue weighted by atomic mass is 10.2. The zero-order valence-electron chi connectivity index (χ0n) is 11.9. The third-order valence-corrected chi connectivity index (χ3v) is 4.76. The highest BCUT2D eigenvalue weighted by Crippen LogP contribution is 2.27. The minimum absolute atomic E-state index is 0.742. The van der Waals surface area contributed by atoms with Gasteiger partial charge in [-0.1, -0.05) is 13.8 Å². The summed E-state index contributed by atoms with van der Waals surface area (Å²) in [6.45, 7) is 6.30. The molecule has 1 aromatic rings. The first-order valence-electron chi connectivity index (χ1n) is 7.28. The number of anilines is 2. The van der Waals surface area contributed by atoms with Crippen molar-refractivity contribution >= 4 is 23.4 Å². The van der Waals surface area contributed by atoms with Crippen molar-refractivity contribution in [2.75, 3.05) is 29.5 Å². The minimum atomic E-state index is 0.742. The van der Waals surface area contributed by atoms with E-state index in [4.69, 9.17) is 0 Å². The number of hydrogen-bond donors (Lipinski definition) is 2. The second kappa shape index (κ2) is 7.58. The Morgan fingerprint density at radius 2 is 2.05 bits per heavy atom. The first-order chi connectivity index (χ1) is 9.35. The van der Waals surface area contributed by atoms with Crippen LogP contribution in [0.1, 0.15) is 38.7 Å². The molecular weight excluding hydrogens is 256 g/mol. The molecule has 1 fully saturated rings. The van der Waals surface area contributed by atoms with Crippen LogP contribution in [0, 0.1) is 0 Å². The number of nitrogens with one attached hydrogen (secondary N) is 2. The Hall–Kier alpha value is -0.970. The summed E-state index contributed by atoms with van der Waals surface area (Å²) in [4.78, 5) is 8.77. The van der Waals surface area contributed by atoms with Crippen LogP contribution in [0.5, 0.6) is 0 Å². The second-order valence-electron chi connectivity index (χ2n) is 4.85. The molecule has 1 aliphatic heterocycles. The molecule has 2 heterocycles. The summed E-state index contributed by atoms with van der Waals surface area (Å²) in [6.07, 6.45) is 6.39. The highest BCUT2D eigenvalue weighted by molar-refractivity contribution is 8.00. The van der Waals surface area contributed by atoms with E-state index in [1.165, 1.54) is 24.2 Å². The molecule has 1 unspecified atom stereocenters. The Labute approximate surface area is 120 Å². The monoisotopic (exact) mass is 280 g/mol. The molecule has 0 saturated carbocycles. The van der Waals surface area contributed by atoms with E-state index in [0.29, 0.717) is 0 Å².